The van der Waals surface area contributed by atoms with Gasteiger partial charge in [-0.05, 0) is 12.2 Å². The molecule has 0 radical (unpaired) electrons. The fourth-order valence-corrected chi connectivity index (χ4v) is 2.53. The van der Waals surface area contributed by atoms with Crippen molar-refractivity contribution in [2.24, 2.45) is 0 Å². The average molecular weight is 299 g/mol. The molecule has 0 aromatic rings. The molecule has 0 saturated heterocycles. The summed E-state index contributed by atoms with van der Waals surface area (Å²) in [5, 5.41) is 0. The average Bonchev–Trinajstić information content (AvgIpc) is 2.35. The van der Waals surface area contributed by atoms with Gasteiger partial charge in [0, 0.05) is 0 Å². The van der Waals surface area contributed by atoms with Gasteiger partial charge in [0.1, 0.15) is 0 Å². The second-order valence-corrected chi connectivity index (χ2v) is 5.77. The Bertz CT molecular complexity index is 120. The molecule has 2 heteroatoms. The van der Waals surface area contributed by atoms with Crippen LogP contribution in [0.5, 0.6) is 0 Å². The van der Waals surface area contributed by atoms with E-state index >= 15 is 0 Å². The molecule has 0 aliphatic heterocycles. The molecule has 0 rings (SSSR count). The molecule has 0 aromatic carbocycles. The zero-order valence-corrected chi connectivity index (χ0v) is 17.1. The summed E-state index contributed by atoms with van der Waals surface area (Å²) in [6.45, 7) is 2.29. The van der Waals surface area contributed by atoms with Gasteiger partial charge < -0.3 is 1.43 Å². The second-order valence-electron chi connectivity index (χ2n) is 5.32. The minimum absolute atomic E-state index is 0. The van der Waals surface area contributed by atoms with Gasteiger partial charge in [-0.2, -0.15) is 12.6 Å². The molecular formula is C16H35KS. The van der Waals surface area contributed by atoms with Crippen LogP contribution >= 0.6 is 12.6 Å². The van der Waals surface area contributed by atoms with E-state index in [0.717, 1.165) is 5.75 Å². The van der Waals surface area contributed by atoms with Crippen molar-refractivity contribution >= 4 is 12.6 Å². The van der Waals surface area contributed by atoms with Crippen LogP contribution in [-0.2, 0) is 0 Å². The molecule has 0 aliphatic rings. The Morgan fingerprint density at radius 2 is 0.833 bits per heavy atom. The summed E-state index contributed by atoms with van der Waals surface area (Å²) in [4.78, 5) is 0. The maximum atomic E-state index is 4.23. The van der Waals surface area contributed by atoms with Crippen molar-refractivity contribution in [3.8, 4) is 0 Å². The summed E-state index contributed by atoms with van der Waals surface area (Å²) in [5.41, 5.74) is 0. The molecule has 0 amide bonds. The smallest absolute Gasteiger partial charge is 1.00 e. The Labute approximate surface area is 166 Å². The van der Waals surface area contributed by atoms with Crippen molar-refractivity contribution in [3.05, 3.63) is 0 Å². The first-order chi connectivity index (χ1) is 8.41. The maximum absolute atomic E-state index is 4.23. The Balaban J connectivity index is -0.00000128. The van der Waals surface area contributed by atoms with Crippen LogP contribution in [-0.4, -0.2) is 5.75 Å². The van der Waals surface area contributed by atoms with Crippen molar-refractivity contribution in [3.63, 3.8) is 0 Å². The molecular weight excluding hydrogens is 263 g/mol. The van der Waals surface area contributed by atoms with Crippen LogP contribution in [0.3, 0.4) is 0 Å². The van der Waals surface area contributed by atoms with E-state index in [0.29, 0.717) is 0 Å². The molecule has 0 aliphatic carbocycles. The Kier molecular flexibility index (Phi) is 26.3. The van der Waals surface area contributed by atoms with Gasteiger partial charge in [-0.1, -0.05) is 90.4 Å². The third-order valence-electron chi connectivity index (χ3n) is 3.51. The quantitative estimate of drug-likeness (QED) is 0.283. The maximum Gasteiger partial charge on any atom is 1.00 e. The Morgan fingerprint density at radius 3 is 1.11 bits per heavy atom. The minimum atomic E-state index is 0. The van der Waals surface area contributed by atoms with Crippen LogP contribution in [0.15, 0.2) is 0 Å². The van der Waals surface area contributed by atoms with Gasteiger partial charge in [0.05, 0.1) is 0 Å². The fourth-order valence-electron chi connectivity index (χ4n) is 2.31. The van der Waals surface area contributed by atoms with E-state index in [1.807, 2.05) is 0 Å². The van der Waals surface area contributed by atoms with E-state index in [1.165, 1.54) is 89.9 Å². The molecule has 0 bridgehead atoms. The van der Waals surface area contributed by atoms with Crippen LogP contribution in [0.25, 0.3) is 0 Å². The topological polar surface area (TPSA) is 0 Å². The van der Waals surface area contributed by atoms with E-state index in [-0.39, 0.29) is 52.8 Å². The normalized spacial score (nSPS) is 10.3. The van der Waals surface area contributed by atoms with Gasteiger partial charge in [-0.3, -0.25) is 0 Å². The monoisotopic (exact) mass is 298 g/mol. The molecule has 0 unspecified atom stereocenters. The Hall–Kier alpha value is 1.99. The molecule has 0 atom stereocenters. The van der Waals surface area contributed by atoms with Gasteiger partial charge in [-0.25, -0.2) is 0 Å². The fraction of sp³-hybridized carbons (Fsp3) is 1.00. The molecule has 106 valence electrons. The molecule has 0 nitrogen and oxygen atoms in total. The predicted molar refractivity (Wildman–Crippen MR) is 85.3 cm³/mol. The van der Waals surface area contributed by atoms with E-state index < -0.39 is 0 Å². The molecule has 0 N–H and O–H groups in total. The minimum Gasteiger partial charge on any atom is -1.00 e. The van der Waals surface area contributed by atoms with Crippen molar-refractivity contribution in [1.29, 1.82) is 0 Å². The number of thiol groups is 1. The van der Waals surface area contributed by atoms with Gasteiger partial charge in [0.2, 0.25) is 0 Å². The first kappa shape index (κ1) is 22.3. The van der Waals surface area contributed by atoms with Crippen molar-refractivity contribution < 1.29 is 52.8 Å². The summed E-state index contributed by atoms with van der Waals surface area (Å²) in [6.07, 6.45) is 20.1. The third-order valence-corrected chi connectivity index (χ3v) is 3.83. The first-order valence-electron chi connectivity index (χ1n) is 8.02. The first-order valence-corrected chi connectivity index (χ1v) is 8.66. The molecule has 18 heavy (non-hydrogen) atoms. The van der Waals surface area contributed by atoms with Crippen molar-refractivity contribution in [2.45, 2.75) is 96.8 Å². The van der Waals surface area contributed by atoms with Gasteiger partial charge >= 0.3 is 51.4 Å². The summed E-state index contributed by atoms with van der Waals surface area (Å²) < 4.78 is 0. The van der Waals surface area contributed by atoms with Gasteiger partial charge in [0.15, 0.2) is 0 Å². The predicted octanol–water partition coefficient (Wildman–Crippen LogP) is 3.51. The Morgan fingerprint density at radius 1 is 0.556 bits per heavy atom. The van der Waals surface area contributed by atoms with E-state index in [9.17, 15) is 0 Å². The van der Waals surface area contributed by atoms with Crippen LogP contribution in [0.2, 0.25) is 0 Å². The van der Waals surface area contributed by atoms with Gasteiger partial charge in [-0.15, -0.1) is 0 Å². The summed E-state index contributed by atoms with van der Waals surface area (Å²) in [6, 6.07) is 0. The van der Waals surface area contributed by atoms with Crippen LogP contribution in [0, 0.1) is 0 Å². The molecule has 0 aromatic heterocycles. The second kappa shape index (κ2) is 21.3. The summed E-state index contributed by atoms with van der Waals surface area (Å²) in [5.74, 6) is 1.07. The summed E-state index contributed by atoms with van der Waals surface area (Å²) in [7, 11) is 0. The van der Waals surface area contributed by atoms with Crippen LogP contribution in [0.4, 0.5) is 0 Å². The number of rotatable bonds is 14. The van der Waals surface area contributed by atoms with E-state index in [2.05, 4.69) is 19.6 Å². The van der Waals surface area contributed by atoms with Crippen molar-refractivity contribution in [1.82, 2.24) is 0 Å². The zero-order chi connectivity index (χ0) is 12.6. The molecule has 0 spiro atoms. The number of hydrogen-bond acceptors (Lipinski definition) is 1. The van der Waals surface area contributed by atoms with Crippen molar-refractivity contribution in [2.75, 3.05) is 5.75 Å². The molecule has 0 fully saturated rings. The standard InChI is InChI=1S/C16H34S.K.H/c1-2-3-4-5-6-7-8-9-10-11-12-13-14-15-16-17;;/h17H,2-16H2,1H3;;/q;+1;-1. The molecule has 0 saturated carbocycles. The number of unbranched alkanes of at least 4 members (excludes halogenated alkanes) is 13. The number of hydrogen-bond donors (Lipinski definition) is 1. The van der Waals surface area contributed by atoms with E-state index in [1.54, 1.807) is 0 Å². The third kappa shape index (κ3) is 20.3. The van der Waals surface area contributed by atoms with Crippen LogP contribution < -0.4 is 51.4 Å². The van der Waals surface area contributed by atoms with Crippen LogP contribution in [0.1, 0.15) is 98.2 Å². The largest absolute Gasteiger partial charge is 1.00 e. The molecule has 0 heterocycles. The zero-order valence-electron chi connectivity index (χ0n) is 14.1. The van der Waals surface area contributed by atoms with Gasteiger partial charge in [0.25, 0.3) is 0 Å². The SMILES string of the molecule is CCCCCCCCCCCCCCCCS.[H-].[K+]. The summed E-state index contributed by atoms with van der Waals surface area (Å²) >= 11 is 4.23. The van der Waals surface area contributed by atoms with E-state index in [4.69, 9.17) is 0 Å².